The Morgan fingerprint density at radius 1 is 1.50 bits per heavy atom. The van der Waals surface area contributed by atoms with Crippen LogP contribution in [-0.2, 0) is 11.2 Å². The second-order valence-corrected chi connectivity index (χ2v) is 5.55. The highest BCUT2D eigenvalue weighted by molar-refractivity contribution is 7.09. The largest absolute Gasteiger partial charge is 0.341 e. The van der Waals surface area contributed by atoms with Gasteiger partial charge >= 0.3 is 0 Å². The van der Waals surface area contributed by atoms with E-state index in [4.69, 9.17) is 5.73 Å². The van der Waals surface area contributed by atoms with E-state index < -0.39 is 0 Å². The van der Waals surface area contributed by atoms with Gasteiger partial charge in [-0.15, -0.1) is 23.7 Å². The molecule has 2 N–H and O–H groups in total. The van der Waals surface area contributed by atoms with E-state index in [1.165, 1.54) is 4.88 Å². The summed E-state index contributed by atoms with van der Waals surface area (Å²) < 4.78 is 0. The van der Waals surface area contributed by atoms with Gasteiger partial charge in [0.05, 0.1) is 6.04 Å². The summed E-state index contributed by atoms with van der Waals surface area (Å²) >= 11 is 1.73. The zero-order valence-corrected chi connectivity index (χ0v) is 12.9. The maximum atomic E-state index is 12.1. The van der Waals surface area contributed by atoms with E-state index >= 15 is 0 Å². The van der Waals surface area contributed by atoms with E-state index in [-0.39, 0.29) is 30.3 Å². The number of carbonyl (C=O) groups is 1. The van der Waals surface area contributed by atoms with Crippen molar-refractivity contribution in [2.24, 2.45) is 11.7 Å². The Kier molecular flexibility index (Phi) is 8.24. The van der Waals surface area contributed by atoms with Crippen molar-refractivity contribution in [1.82, 2.24) is 4.90 Å². The molecule has 0 saturated carbocycles. The summed E-state index contributed by atoms with van der Waals surface area (Å²) in [7, 11) is 0. The molecule has 0 aliphatic rings. The third-order valence-electron chi connectivity index (χ3n) is 2.91. The first-order valence-electron chi connectivity index (χ1n) is 6.13. The van der Waals surface area contributed by atoms with Crippen LogP contribution in [0.3, 0.4) is 0 Å². The normalized spacial score (nSPS) is 12.1. The van der Waals surface area contributed by atoms with Crippen LogP contribution in [0.5, 0.6) is 0 Å². The molecular weight excluding hydrogens is 268 g/mol. The van der Waals surface area contributed by atoms with E-state index in [9.17, 15) is 4.79 Å². The predicted molar refractivity (Wildman–Crippen MR) is 80.3 cm³/mol. The van der Waals surface area contributed by atoms with Crippen molar-refractivity contribution in [3.63, 3.8) is 0 Å². The summed E-state index contributed by atoms with van der Waals surface area (Å²) in [4.78, 5) is 15.2. The Balaban J connectivity index is 0.00000289. The van der Waals surface area contributed by atoms with Crippen molar-refractivity contribution in [3.05, 3.63) is 22.4 Å². The van der Waals surface area contributed by atoms with Crippen LogP contribution in [0.2, 0.25) is 0 Å². The number of carbonyl (C=O) groups excluding carboxylic acids is 1. The molecule has 3 nitrogen and oxygen atoms in total. The highest BCUT2D eigenvalue weighted by Gasteiger charge is 2.22. The Morgan fingerprint density at radius 2 is 2.17 bits per heavy atom. The number of amides is 1. The van der Waals surface area contributed by atoms with Gasteiger partial charge in [0.1, 0.15) is 0 Å². The fourth-order valence-electron chi connectivity index (χ4n) is 1.62. The lowest BCUT2D eigenvalue weighted by molar-refractivity contribution is -0.133. The number of hydrogen-bond acceptors (Lipinski definition) is 3. The molecule has 0 aliphatic heterocycles. The highest BCUT2D eigenvalue weighted by Crippen LogP contribution is 2.11. The molecule has 1 amide bonds. The van der Waals surface area contributed by atoms with E-state index in [0.29, 0.717) is 0 Å². The smallest absolute Gasteiger partial charge is 0.239 e. The van der Waals surface area contributed by atoms with E-state index in [2.05, 4.69) is 11.4 Å². The molecule has 0 bridgehead atoms. The van der Waals surface area contributed by atoms with Gasteiger partial charge < -0.3 is 10.6 Å². The molecule has 0 spiro atoms. The molecule has 5 heteroatoms. The maximum Gasteiger partial charge on any atom is 0.239 e. The first-order chi connectivity index (χ1) is 8.06. The number of rotatable bonds is 6. The van der Waals surface area contributed by atoms with Gasteiger partial charge in [-0.25, -0.2) is 0 Å². The number of nitrogens with zero attached hydrogens (tertiary/aromatic N) is 1. The van der Waals surface area contributed by atoms with Gasteiger partial charge in [0.2, 0.25) is 5.91 Å². The number of thiophene rings is 1. The van der Waals surface area contributed by atoms with Crippen LogP contribution in [0.15, 0.2) is 17.5 Å². The molecule has 1 atom stereocenters. The van der Waals surface area contributed by atoms with Crippen LogP contribution in [0.25, 0.3) is 0 Å². The van der Waals surface area contributed by atoms with Crippen LogP contribution in [0.1, 0.15) is 25.6 Å². The van der Waals surface area contributed by atoms with E-state index in [0.717, 1.165) is 19.5 Å². The fraction of sp³-hybridized carbons (Fsp3) is 0.615. The van der Waals surface area contributed by atoms with Crippen LogP contribution < -0.4 is 5.73 Å². The van der Waals surface area contributed by atoms with Gasteiger partial charge in [0, 0.05) is 18.0 Å². The van der Waals surface area contributed by atoms with Crippen molar-refractivity contribution in [2.75, 3.05) is 13.1 Å². The van der Waals surface area contributed by atoms with Crippen LogP contribution in [0, 0.1) is 5.92 Å². The molecule has 18 heavy (non-hydrogen) atoms. The van der Waals surface area contributed by atoms with Crippen molar-refractivity contribution in [1.29, 1.82) is 0 Å². The van der Waals surface area contributed by atoms with Gasteiger partial charge in [-0.05, 0) is 30.7 Å². The van der Waals surface area contributed by atoms with Gasteiger partial charge in [0.25, 0.3) is 0 Å². The molecule has 0 aliphatic carbocycles. The molecule has 1 heterocycles. The van der Waals surface area contributed by atoms with Crippen LogP contribution in [0.4, 0.5) is 0 Å². The third kappa shape index (κ3) is 4.96. The predicted octanol–water partition coefficient (Wildman–Crippen LogP) is 2.54. The summed E-state index contributed by atoms with van der Waals surface area (Å²) in [6.45, 7) is 7.45. The summed E-state index contributed by atoms with van der Waals surface area (Å²) in [5.74, 6) is 0.261. The van der Waals surface area contributed by atoms with E-state index in [1.807, 2.05) is 31.7 Å². The minimum absolute atomic E-state index is 0. The molecule has 1 aromatic rings. The van der Waals surface area contributed by atoms with Gasteiger partial charge in [-0.2, -0.15) is 0 Å². The Bertz CT molecular complexity index is 341. The van der Waals surface area contributed by atoms with Crippen molar-refractivity contribution in [2.45, 2.75) is 33.2 Å². The summed E-state index contributed by atoms with van der Waals surface area (Å²) in [6, 6.07) is 3.77. The summed E-state index contributed by atoms with van der Waals surface area (Å²) in [5.41, 5.74) is 5.90. The number of likely N-dealkylation sites (N-methyl/N-ethyl adjacent to an activating group) is 1. The Morgan fingerprint density at radius 3 is 2.61 bits per heavy atom. The average molecular weight is 291 g/mol. The van der Waals surface area contributed by atoms with Crippen molar-refractivity contribution < 1.29 is 4.79 Å². The fourth-order valence-corrected chi connectivity index (χ4v) is 2.32. The zero-order valence-electron chi connectivity index (χ0n) is 11.3. The monoisotopic (exact) mass is 290 g/mol. The molecule has 0 saturated heterocycles. The summed E-state index contributed by atoms with van der Waals surface area (Å²) in [5, 5.41) is 2.06. The lowest BCUT2D eigenvalue weighted by Gasteiger charge is -2.25. The SMILES string of the molecule is CCN(CCc1cccs1)C(=O)C(N)C(C)C.Cl. The quantitative estimate of drug-likeness (QED) is 0.875. The number of nitrogens with two attached hydrogens (primary N) is 1. The highest BCUT2D eigenvalue weighted by atomic mass is 35.5. The third-order valence-corrected chi connectivity index (χ3v) is 3.84. The molecule has 0 aromatic carbocycles. The van der Waals surface area contributed by atoms with Crippen molar-refractivity contribution in [3.8, 4) is 0 Å². The average Bonchev–Trinajstić information content (AvgIpc) is 2.81. The number of hydrogen-bond donors (Lipinski definition) is 1. The summed E-state index contributed by atoms with van der Waals surface area (Å²) in [6.07, 6.45) is 0.919. The van der Waals surface area contributed by atoms with Crippen LogP contribution >= 0.6 is 23.7 Å². The lowest BCUT2D eigenvalue weighted by Crippen LogP contribution is -2.47. The number of halogens is 1. The van der Waals surface area contributed by atoms with Crippen LogP contribution in [-0.4, -0.2) is 29.9 Å². The molecule has 1 unspecified atom stereocenters. The van der Waals surface area contributed by atoms with Gasteiger partial charge in [-0.1, -0.05) is 19.9 Å². The first kappa shape index (κ1) is 17.4. The topological polar surface area (TPSA) is 46.3 Å². The van der Waals surface area contributed by atoms with E-state index in [1.54, 1.807) is 11.3 Å². The Labute approximate surface area is 120 Å². The first-order valence-corrected chi connectivity index (χ1v) is 7.01. The Hall–Kier alpha value is -0.580. The zero-order chi connectivity index (χ0) is 12.8. The lowest BCUT2D eigenvalue weighted by atomic mass is 10.0. The second kappa shape index (κ2) is 8.51. The molecule has 104 valence electrons. The molecule has 0 radical (unpaired) electrons. The minimum atomic E-state index is -0.377. The standard InChI is InChI=1S/C13H22N2OS.ClH/c1-4-15(13(16)12(14)10(2)3)8-7-11-6-5-9-17-11;/h5-6,9-10,12H,4,7-8,14H2,1-3H3;1H. The molecule has 1 rings (SSSR count). The maximum absolute atomic E-state index is 12.1. The van der Waals surface area contributed by atoms with Gasteiger partial charge in [-0.3, -0.25) is 4.79 Å². The second-order valence-electron chi connectivity index (χ2n) is 4.52. The molecular formula is C13H23ClN2OS. The van der Waals surface area contributed by atoms with Gasteiger partial charge in [0.15, 0.2) is 0 Å². The molecule has 1 aromatic heterocycles. The minimum Gasteiger partial charge on any atom is -0.341 e. The van der Waals surface area contributed by atoms with Crippen molar-refractivity contribution >= 4 is 29.7 Å². The molecule has 0 fully saturated rings.